The third-order valence-electron chi connectivity index (χ3n) is 5.21. The smallest absolute Gasteiger partial charge is 0.229 e. The van der Waals surface area contributed by atoms with Crippen molar-refractivity contribution in [3.8, 4) is 0 Å². The Morgan fingerprint density at radius 1 is 1.32 bits per heavy atom. The first-order valence-corrected chi connectivity index (χ1v) is 8.53. The molecule has 3 aliphatic rings. The van der Waals surface area contributed by atoms with Crippen LogP contribution in [0, 0.1) is 5.92 Å². The molecular weight excluding hydrogens is 300 g/mol. The number of piperazine rings is 1. The predicted octanol–water partition coefficient (Wildman–Crippen LogP) is 2.38. The first kappa shape index (κ1) is 14.5. The maximum absolute atomic E-state index is 13.1. The van der Waals surface area contributed by atoms with Gasteiger partial charge in [-0.1, -0.05) is 29.8 Å². The van der Waals surface area contributed by atoms with E-state index in [1.807, 2.05) is 29.2 Å². The van der Waals surface area contributed by atoms with E-state index in [2.05, 4.69) is 5.32 Å². The second-order valence-electron chi connectivity index (χ2n) is 6.49. The summed E-state index contributed by atoms with van der Waals surface area (Å²) in [5, 5.41) is 4.12. The number of hydrogen-bond acceptors (Lipinski definition) is 3. The quantitative estimate of drug-likeness (QED) is 0.909. The molecule has 118 valence electrons. The van der Waals surface area contributed by atoms with Crippen LogP contribution < -0.4 is 5.32 Å². The van der Waals surface area contributed by atoms with Crippen molar-refractivity contribution in [2.45, 2.75) is 37.5 Å². The standard InChI is InChI=1S/C17H21ClN2O2/c18-14-4-2-1-3-12(14)15-10-19-7-8-20(15)17(21)13-9-11-5-6-16(13)22-11/h1-4,11,13,15-16,19H,5-10H2. The lowest BCUT2D eigenvalue weighted by Crippen LogP contribution is -2.51. The van der Waals surface area contributed by atoms with Gasteiger partial charge in [0.15, 0.2) is 0 Å². The summed E-state index contributed by atoms with van der Waals surface area (Å²) in [6, 6.07) is 7.86. The first-order valence-electron chi connectivity index (χ1n) is 8.15. The molecule has 0 aromatic heterocycles. The van der Waals surface area contributed by atoms with E-state index < -0.39 is 0 Å². The Hall–Kier alpha value is -1.10. The number of rotatable bonds is 2. The number of ether oxygens (including phenoxy) is 1. The van der Waals surface area contributed by atoms with E-state index >= 15 is 0 Å². The summed E-state index contributed by atoms with van der Waals surface area (Å²) < 4.78 is 5.87. The Bertz CT molecular complexity index is 580. The highest BCUT2D eigenvalue weighted by atomic mass is 35.5. The summed E-state index contributed by atoms with van der Waals surface area (Å²) in [4.78, 5) is 15.1. The van der Waals surface area contributed by atoms with Gasteiger partial charge in [-0.05, 0) is 30.9 Å². The molecule has 5 heteroatoms. The summed E-state index contributed by atoms with van der Waals surface area (Å²) in [7, 11) is 0. The van der Waals surface area contributed by atoms with Crippen LogP contribution in [0.25, 0.3) is 0 Å². The van der Waals surface area contributed by atoms with Gasteiger partial charge in [0.1, 0.15) is 0 Å². The normalized spacial score (nSPS) is 34.1. The number of nitrogens with zero attached hydrogens (tertiary/aromatic N) is 1. The van der Waals surface area contributed by atoms with E-state index in [0.29, 0.717) is 6.10 Å². The van der Waals surface area contributed by atoms with E-state index in [1.165, 1.54) is 0 Å². The Morgan fingerprint density at radius 3 is 2.91 bits per heavy atom. The second-order valence-corrected chi connectivity index (χ2v) is 6.90. The minimum atomic E-state index is 0.0223. The van der Waals surface area contributed by atoms with Crippen LogP contribution in [0.1, 0.15) is 30.9 Å². The SMILES string of the molecule is O=C(C1CC2CCC1O2)N1CCNCC1c1ccccc1Cl. The van der Waals surface area contributed by atoms with Gasteiger partial charge in [0, 0.05) is 24.7 Å². The number of carbonyl (C=O) groups is 1. The topological polar surface area (TPSA) is 41.6 Å². The monoisotopic (exact) mass is 320 g/mol. The summed E-state index contributed by atoms with van der Waals surface area (Å²) in [5.74, 6) is 0.292. The number of halogens is 1. The molecule has 2 bridgehead atoms. The highest BCUT2D eigenvalue weighted by molar-refractivity contribution is 6.31. The summed E-state index contributed by atoms with van der Waals surface area (Å²) >= 11 is 6.36. The van der Waals surface area contributed by atoms with Gasteiger partial charge in [0.05, 0.1) is 24.2 Å². The fraction of sp³-hybridized carbons (Fsp3) is 0.588. The van der Waals surface area contributed by atoms with Crippen molar-refractivity contribution < 1.29 is 9.53 Å². The van der Waals surface area contributed by atoms with E-state index in [0.717, 1.165) is 49.5 Å². The van der Waals surface area contributed by atoms with Gasteiger partial charge in [-0.25, -0.2) is 0 Å². The summed E-state index contributed by atoms with van der Waals surface area (Å²) in [6.07, 6.45) is 3.48. The van der Waals surface area contributed by atoms with Crippen molar-refractivity contribution in [1.29, 1.82) is 0 Å². The minimum absolute atomic E-state index is 0.0223. The van der Waals surface area contributed by atoms with Crippen molar-refractivity contribution in [2.24, 2.45) is 5.92 Å². The van der Waals surface area contributed by atoms with Gasteiger partial charge >= 0.3 is 0 Å². The maximum atomic E-state index is 13.1. The average Bonchev–Trinajstić information content (AvgIpc) is 3.18. The molecule has 1 amide bonds. The minimum Gasteiger partial charge on any atom is -0.374 e. The van der Waals surface area contributed by atoms with Crippen molar-refractivity contribution in [3.63, 3.8) is 0 Å². The van der Waals surface area contributed by atoms with E-state index in [9.17, 15) is 4.79 Å². The van der Waals surface area contributed by atoms with Crippen molar-refractivity contribution in [1.82, 2.24) is 10.2 Å². The first-order chi connectivity index (χ1) is 10.7. The van der Waals surface area contributed by atoms with Crippen molar-refractivity contribution >= 4 is 17.5 Å². The molecule has 4 rings (SSSR count). The van der Waals surface area contributed by atoms with E-state index in [1.54, 1.807) is 0 Å². The molecule has 3 fully saturated rings. The lowest BCUT2D eigenvalue weighted by atomic mass is 9.87. The van der Waals surface area contributed by atoms with Crippen LogP contribution in [0.15, 0.2) is 24.3 Å². The molecule has 0 radical (unpaired) electrons. The largest absolute Gasteiger partial charge is 0.374 e. The highest BCUT2D eigenvalue weighted by Gasteiger charge is 2.47. The second kappa shape index (κ2) is 5.84. The number of benzene rings is 1. The molecule has 0 saturated carbocycles. The molecule has 1 aromatic rings. The van der Waals surface area contributed by atoms with Gasteiger partial charge in [0.2, 0.25) is 5.91 Å². The van der Waals surface area contributed by atoms with Crippen LogP contribution in [0.2, 0.25) is 5.02 Å². The molecule has 3 aliphatic heterocycles. The average molecular weight is 321 g/mol. The van der Waals surface area contributed by atoms with E-state index in [-0.39, 0.29) is 24.0 Å². The summed E-state index contributed by atoms with van der Waals surface area (Å²) in [5.41, 5.74) is 1.04. The van der Waals surface area contributed by atoms with Crippen LogP contribution in [-0.2, 0) is 9.53 Å². The fourth-order valence-electron chi connectivity index (χ4n) is 4.10. The Kier molecular flexibility index (Phi) is 3.84. The van der Waals surface area contributed by atoms with Crippen LogP contribution in [0.4, 0.5) is 0 Å². The Morgan fingerprint density at radius 2 is 2.18 bits per heavy atom. The molecular formula is C17H21ClN2O2. The molecule has 4 atom stereocenters. The zero-order valence-electron chi connectivity index (χ0n) is 12.5. The van der Waals surface area contributed by atoms with Gasteiger partial charge in [0.25, 0.3) is 0 Å². The van der Waals surface area contributed by atoms with E-state index in [4.69, 9.17) is 16.3 Å². The van der Waals surface area contributed by atoms with Crippen molar-refractivity contribution in [3.05, 3.63) is 34.9 Å². The molecule has 0 aliphatic carbocycles. The number of amides is 1. The van der Waals surface area contributed by atoms with Gasteiger partial charge in [-0.15, -0.1) is 0 Å². The molecule has 3 saturated heterocycles. The third kappa shape index (κ3) is 2.43. The molecule has 1 aromatic carbocycles. The third-order valence-corrected chi connectivity index (χ3v) is 5.56. The van der Waals surface area contributed by atoms with Crippen LogP contribution in [0.5, 0.6) is 0 Å². The lowest BCUT2D eigenvalue weighted by Gasteiger charge is -2.39. The van der Waals surface area contributed by atoms with Crippen molar-refractivity contribution in [2.75, 3.05) is 19.6 Å². The number of carbonyl (C=O) groups excluding carboxylic acids is 1. The van der Waals surface area contributed by atoms with Gasteiger partial charge in [-0.3, -0.25) is 4.79 Å². The van der Waals surface area contributed by atoms with Crippen LogP contribution in [0.3, 0.4) is 0 Å². The highest BCUT2D eigenvalue weighted by Crippen LogP contribution is 2.41. The van der Waals surface area contributed by atoms with Crippen LogP contribution in [-0.4, -0.2) is 42.6 Å². The molecule has 22 heavy (non-hydrogen) atoms. The molecule has 0 spiro atoms. The number of fused-ring (bicyclic) bond motifs is 2. The molecule has 4 nitrogen and oxygen atoms in total. The summed E-state index contributed by atoms with van der Waals surface area (Å²) in [6.45, 7) is 2.34. The van der Waals surface area contributed by atoms with Crippen LogP contribution >= 0.6 is 11.6 Å². The predicted molar refractivity (Wildman–Crippen MR) is 84.8 cm³/mol. The fourth-order valence-corrected chi connectivity index (χ4v) is 4.36. The molecule has 3 heterocycles. The Balaban J connectivity index is 1.58. The lowest BCUT2D eigenvalue weighted by molar-refractivity contribution is -0.140. The van der Waals surface area contributed by atoms with Gasteiger partial charge < -0.3 is 15.0 Å². The molecule has 1 N–H and O–H groups in total. The zero-order valence-corrected chi connectivity index (χ0v) is 13.3. The zero-order chi connectivity index (χ0) is 15.1. The number of nitrogens with one attached hydrogen (secondary N) is 1. The van der Waals surface area contributed by atoms with Gasteiger partial charge in [-0.2, -0.15) is 0 Å². The maximum Gasteiger partial charge on any atom is 0.229 e. The number of hydrogen-bond donors (Lipinski definition) is 1. The Labute approximate surface area is 135 Å². The molecule has 4 unspecified atom stereocenters.